The molecule has 0 rings (SSSR count). The van der Waals surface area contributed by atoms with Gasteiger partial charge in [-0.3, -0.25) is 4.79 Å². The minimum atomic E-state index is -0.0582. The first-order valence-electron chi connectivity index (χ1n) is 4.63. The molecule has 0 unspecified atom stereocenters. The number of carbonyl (C=O) groups excluding carboxylic acids is 1. The molecule has 0 saturated heterocycles. The topological polar surface area (TPSA) is 29.1 Å². The van der Waals surface area contributed by atoms with Gasteiger partial charge in [0.25, 0.3) is 0 Å². The lowest BCUT2D eigenvalue weighted by molar-refractivity contribution is -0.116. The summed E-state index contributed by atoms with van der Waals surface area (Å²) < 4.78 is 0. The SMILES string of the molecule is C#CC#CCCCC/C=C\C(=O)NC. The van der Waals surface area contributed by atoms with Crippen LogP contribution in [0.5, 0.6) is 0 Å². The largest absolute Gasteiger partial charge is 0.356 e. The second-order valence-electron chi connectivity index (χ2n) is 2.71. The van der Waals surface area contributed by atoms with E-state index in [2.05, 4.69) is 23.1 Å². The van der Waals surface area contributed by atoms with Crippen molar-refractivity contribution < 1.29 is 4.79 Å². The van der Waals surface area contributed by atoms with E-state index in [1.807, 2.05) is 6.08 Å². The van der Waals surface area contributed by atoms with Gasteiger partial charge in [-0.1, -0.05) is 12.0 Å². The lowest BCUT2D eigenvalue weighted by Crippen LogP contribution is -2.13. The van der Waals surface area contributed by atoms with Gasteiger partial charge in [0, 0.05) is 13.5 Å². The van der Waals surface area contributed by atoms with Crippen molar-refractivity contribution in [1.29, 1.82) is 0 Å². The summed E-state index contributed by atoms with van der Waals surface area (Å²) in [7, 11) is 1.61. The van der Waals surface area contributed by atoms with Crippen molar-refractivity contribution >= 4 is 5.91 Å². The fourth-order valence-electron chi connectivity index (χ4n) is 0.863. The number of carbonyl (C=O) groups is 1. The summed E-state index contributed by atoms with van der Waals surface area (Å²) in [5.41, 5.74) is 0. The molecular formula is C12H15NO. The van der Waals surface area contributed by atoms with Crippen molar-refractivity contribution in [3.63, 3.8) is 0 Å². The predicted molar refractivity (Wildman–Crippen MR) is 58.3 cm³/mol. The molecule has 0 aliphatic rings. The summed E-state index contributed by atoms with van der Waals surface area (Å²) in [6, 6.07) is 0. The Kier molecular flexibility index (Phi) is 8.29. The average molecular weight is 189 g/mol. The van der Waals surface area contributed by atoms with Crippen LogP contribution in [0.15, 0.2) is 12.2 Å². The molecule has 0 aliphatic carbocycles. The minimum Gasteiger partial charge on any atom is -0.356 e. The third-order valence-corrected chi connectivity index (χ3v) is 1.60. The zero-order chi connectivity index (χ0) is 10.6. The number of likely N-dealkylation sites (N-methyl/N-ethyl adjacent to an activating group) is 1. The van der Waals surface area contributed by atoms with Gasteiger partial charge in [0.15, 0.2) is 0 Å². The Bertz CT molecular complexity index is 286. The number of amides is 1. The highest BCUT2D eigenvalue weighted by atomic mass is 16.1. The molecule has 1 N–H and O–H groups in total. The normalized spacial score (nSPS) is 8.86. The van der Waals surface area contributed by atoms with Gasteiger partial charge in [0.2, 0.25) is 5.91 Å². The third-order valence-electron chi connectivity index (χ3n) is 1.60. The molecule has 14 heavy (non-hydrogen) atoms. The molecule has 0 aromatic heterocycles. The van der Waals surface area contributed by atoms with Gasteiger partial charge in [-0.15, -0.1) is 6.42 Å². The average Bonchev–Trinajstić information content (AvgIpc) is 2.21. The van der Waals surface area contributed by atoms with Gasteiger partial charge in [0.1, 0.15) is 0 Å². The standard InChI is InChI=1S/C12H15NO/c1-3-4-5-6-7-8-9-10-11-12(14)13-2/h1,10-11H,6-9H2,2H3,(H,13,14)/b11-10-. The Morgan fingerprint density at radius 2 is 2.29 bits per heavy atom. The second kappa shape index (κ2) is 9.42. The van der Waals surface area contributed by atoms with Crippen molar-refractivity contribution in [2.24, 2.45) is 0 Å². The molecule has 0 heterocycles. The van der Waals surface area contributed by atoms with E-state index in [9.17, 15) is 4.79 Å². The fraction of sp³-hybridized carbons (Fsp3) is 0.417. The number of rotatable bonds is 5. The maximum absolute atomic E-state index is 10.7. The van der Waals surface area contributed by atoms with Crippen molar-refractivity contribution in [2.45, 2.75) is 25.7 Å². The molecular weight excluding hydrogens is 174 g/mol. The molecule has 0 radical (unpaired) electrons. The Balaban J connectivity index is 3.35. The molecule has 2 heteroatoms. The molecule has 0 spiro atoms. The fourth-order valence-corrected chi connectivity index (χ4v) is 0.863. The van der Waals surface area contributed by atoms with E-state index in [0.29, 0.717) is 0 Å². The van der Waals surface area contributed by atoms with E-state index in [0.717, 1.165) is 25.7 Å². The van der Waals surface area contributed by atoms with E-state index in [-0.39, 0.29) is 5.91 Å². The molecule has 0 saturated carbocycles. The molecule has 0 aromatic rings. The molecule has 0 fully saturated rings. The number of nitrogens with one attached hydrogen (secondary N) is 1. The molecule has 0 bridgehead atoms. The summed E-state index contributed by atoms with van der Waals surface area (Å²) >= 11 is 0. The van der Waals surface area contributed by atoms with Crippen LogP contribution in [0, 0.1) is 24.2 Å². The maximum atomic E-state index is 10.7. The predicted octanol–water partition coefficient (Wildman–Crippen LogP) is 1.49. The number of hydrogen-bond donors (Lipinski definition) is 1. The van der Waals surface area contributed by atoms with Gasteiger partial charge in [-0.25, -0.2) is 0 Å². The molecule has 0 aromatic carbocycles. The molecule has 74 valence electrons. The quantitative estimate of drug-likeness (QED) is 0.396. The van der Waals surface area contributed by atoms with Crippen molar-refractivity contribution in [3.8, 4) is 24.2 Å². The summed E-state index contributed by atoms with van der Waals surface area (Å²) in [6.07, 6.45) is 12.2. The molecule has 2 nitrogen and oxygen atoms in total. The van der Waals surface area contributed by atoms with Crippen LogP contribution in [0.25, 0.3) is 0 Å². The first-order valence-corrected chi connectivity index (χ1v) is 4.63. The lowest BCUT2D eigenvalue weighted by atomic mass is 10.2. The summed E-state index contributed by atoms with van der Waals surface area (Å²) in [4.78, 5) is 10.7. The maximum Gasteiger partial charge on any atom is 0.243 e. The summed E-state index contributed by atoms with van der Waals surface area (Å²) in [6.45, 7) is 0. The van der Waals surface area contributed by atoms with Crippen molar-refractivity contribution in [1.82, 2.24) is 5.32 Å². The van der Waals surface area contributed by atoms with Crippen LogP contribution in [0.4, 0.5) is 0 Å². The smallest absolute Gasteiger partial charge is 0.243 e. The van der Waals surface area contributed by atoms with Gasteiger partial charge in [-0.05, 0) is 37.2 Å². The van der Waals surface area contributed by atoms with Gasteiger partial charge in [-0.2, -0.15) is 0 Å². The first-order chi connectivity index (χ1) is 6.81. The minimum absolute atomic E-state index is 0.0582. The second-order valence-corrected chi connectivity index (χ2v) is 2.71. The van der Waals surface area contributed by atoms with Crippen LogP contribution in [0.2, 0.25) is 0 Å². The van der Waals surface area contributed by atoms with E-state index < -0.39 is 0 Å². The van der Waals surface area contributed by atoms with Crippen LogP contribution in [-0.4, -0.2) is 13.0 Å². The third kappa shape index (κ3) is 8.43. The first kappa shape index (κ1) is 12.3. The Morgan fingerprint density at radius 1 is 1.50 bits per heavy atom. The Morgan fingerprint density at radius 3 is 2.93 bits per heavy atom. The van der Waals surface area contributed by atoms with Gasteiger partial charge in [0.05, 0.1) is 0 Å². The zero-order valence-electron chi connectivity index (χ0n) is 8.47. The lowest BCUT2D eigenvalue weighted by Gasteiger charge is -1.91. The van der Waals surface area contributed by atoms with Crippen LogP contribution in [-0.2, 0) is 4.79 Å². The molecule has 0 aliphatic heterocycles. The van der Waals surface area contributed by atoms with Crippen LogP contribution < -0.4 is 5.32 Å². The number of allylic oxidation sites excluding steroid dienone is 1. The zero-order valence-corrected chi connectivity index (χ0v) is 8.47. The molecule has 1 amide bonds. The van der Waals surface area contributed by atoms with Gasteiger partial charge < -0.3 is 5.32 Å². The number of terminal acetylenes is 1. The monoisotopic (exact) mass is 189 g/mol. The number of unbranched alkanes of at least 4 members (excludes halogenated alkanes) is 3. The van der Waals surface area contributed by atoms with Crippen LogP contribution in [0.3, 0.4) is 0 Å². The van der Waals surface area contributed by atoms with E-state index >= 15 is 0 Å². The summed E-state index contributed by atoms with van der Waals surface area (Å²) in [5.74, 6) is 7.62. The molecule has 0 atom stereocenters. The Hall–Kier alpha value is -1.67. The summed E-state index contributed by atoms with van der Waals surface area (Å²) in [5, 5.41) is 2.51. The Labute approximate surface area is 85.8 Å². The van der Waals surface area contributed by atoms with Crippen LogP contribution in [0.1, 0.15) is 25.7 Å². The highest BCUT2D eigenvalue weighted by molar-refractivity contribution is 5.87. The van der Waals surface area contributed by atoms with Gasteiger partial charge >= 0.3 is 0 Å². The van der Waals surface area contributed by atoms with E-state index in [4.69, 9.17) is 6.42 Å². The van der Waals surface area contributed by atoms with E-state index in [1.54, 1.807) is 13.1 Å². The van der Waals surface area contributed by atoms with Crippen molar-refractivity contribution in [3.05, 3.63) is 12.2 Å². The highest BCUT2D eigenvalue weighted by Crippen LogP contribution is 1.99. The van der Waals surface area contributed by atoms with Crippen molar-refractivity contribution in [2.75, 3.05) is 7.05 Å². The van der Waals surface area contributed by atoms with Crippen LogP contribution >= 0.6 is 0 Å². The highest BCUT2D eigenvalue weighted by Gasteiger charge is 1.87. The van der Waals surface area contributed by atoms with E-state index in [1.165, 1.54) is 0 Å². The number of hydrogen-bond acceptors (Lipinski definition) is 1.